The van der Waals surface area contributed by atoms with Crippen molar-refractivity contribution in [1.82, 2.24) is 9.55 Å². The van der Waals surface area contributed by atoms with Crippen molar-refractivity contribution in [3.63, 3.8) is 0 Å². The molecular formula is C14H20N2S. The Morgan fingerprint density at radius 1 is 1.29 bits per heavy atom. The molecule has 0 amide bonds. The molecule has 1 N–H and O–H groups in total. The number of hydrogen-bond donors (Lipinski definition) is 1. The van der Waals surface area contributed by atoms with E-state index < -0.39 is 0 Å². The van der Waals surface area contributed by atoms with Gasteiger partial charge in [0.2, 0.25) is 0 Å². The lowest BCUT2D eigenvalue weighted by Gasteiger charge is -2.17. The Labute approximate surface area is 108 Å². The Morgan fingerprint density at radius 2 is 2.06 bits per heavy atom. The Kier molecular flexibility index (Phi) is 4.00. The van der Waals surface area contributed by atoms with Gasteiger partial charge < -0.3 is 9.55 Å². The number of para-hydroxylation sites is 2. The number of nitrogens with one attached hydrogen (secondary N) is 1. The van der Waals surface area contributed by atoms with E-state index in [0.29, 0.717) is 6.04 Å². The highest BCUT2D eigenvalue weighted by atomic mass is 32.1. The van der Waals surface area contributed by atoms with Crippen LogP contribution in [-0.2, 0) is 0 Å². The molecular weight excluding hydrogens is 228 g/mol. The summed E-state index contributed by atoms with van der Waals surface area (Å²) in [4.78, 5) is 3.30. The Morgan fingerprint density at radius 3 is 2.76 bits per heavy atom. The molecule has 2 rings (SSSR count). The summed E-state index contributed by atoms with van der Waals surface area (Å²) in [5.41, 5.74) is 2.38. The fourth-order valence-electron chi connectivity index (χ4n) is 2.39. The van der Waals surface area contributed by atoms with E-state index in [0.717, 1.165) is 16.7 Å². The van der Waals surface area contributed by atoms with Gasteiger partial charge in [0.25, 0.3) is 0 Å². The van der Waals surface area contributed by atoms with Gasteiger partial charge in [0.05, 0.1) is 11.0 Å². The topological polar surface area (TPSA) is 20.7 Å². The fraction of sp³-hybridized carbons (Fsp3) is 0.500. The second-order valence-corrected chi connectivity index (χ2v) is 4.91. The van der Waals surface area contributed by atoms with Crippen molar-refractivity contribution in [2.45, 2.75) is 45.6 Å². The summed E-state index contributed by atoms with van der Waals surface area (Å²) in [7, 11) is 0. The SMILES string of the molecule is CCCCC(CC)n1c(=S)[nH]c2ccccc21. The number of aromatic amines is 1. The number of rotatable bonds is 5. The van der Waals surface area contributed by atoms with E-state index in [1.54, 1.807) is 0 Å². The molecule has 1 aromatic heterocycles. The van der Waals surface area contributed by atoms with Crippen LogP contribution in [0.5, 0.6) is 0 Å². The van der Waals surface area contributed by atoms with Gasteiger partial charge >= 0.3 is 0 Å². The third-order valence-electron chi connectivity index (χ3n) is 3.35. The van der Waals surface area contributed by atoms with Crippen LogP contribution in [0.4, 0.5) is 0 Å². The molecule has 1 atom stereocenters. The number of aromatic nitrogens is 2. The van der Waals surface area contributed by atoms with Gasteiger partial charge in [0.15, 0.2) is 4.77 Å². The lowest BCUT2D eigenvalue weighted by molar-refractivity contribution is 0.442. The van der Waals surface area contributed by atoms with Gasteiger partial charge in [0, 0.05) is 6.04 Å². The minimum absolute atomic E-state index is 0.526. The summed E-state index contributed by atoms with van der Waals surface area (Å²) >= 11 is 5.45. The molecule has 0 aliphatic rings. The predicted molar refractivity (Wildman–Crippen MR) is 76.0 cm³/mol. The van der Waals surface area contributed by atoms with E-state index in [1.807, 2.05) is 6.07 Å². The Bertz CT molecular complexity index is 538. The van der Waals surface area contributed by atoms with Gasteiger partial charge in [0.1, 0.15) is 0 Å². The first-order valence-corrected chi connectivity index (χ1v) is 6.88. The quantitative estimate of drug-likeness (QED) is 0.751. The summed E-state index contributed by atoms with van der Waals surface area (Å²) in [6.07, 6.45) is 4.85. The number of hydrogen-bond acceptors (Lipinski definition) is 1. The largest absolute Gasteiger partial charge is 0.331 e. The van der Waals surface area contributed by atoms with E-state index in [9.17, 15) is 0 Å². The van der Waals surface area contributed by atoms with Crippen molar-refractivity contribution in [1.29, 1.82) is 0 Å². The zero-order valence-corrected chi connectivity index (χ0v) is 11.4. The molecule has 1 unspecified atom stereocenters. The third-order valence-corrected chi connectivity index (χ3v) is 3.65. The smallest absolute Gasteiger partial charge is 0.178 e. The molecule has 3 heteroatoms. The molecule has 0 fully saturated rings. The first-order valence-electron chi connectivity index (χ1n) is 6.47. The zero-order valence-electron chi connectivity index (χ0n) is 10.6. The van der Waals surface area contributed by atoms with Crippen molar-refractivity contribution in [2.24, 2.45) is 0 Å². The lowest BCUT2D eigenvalue weighted by atomic mass is 10.1. The first-order chi connectivity index (χ1) is 8.27. The number of fused-ring (bicyclic) bond motifs is 1. The number of benzene rings is 1. The number of nitrogens with zero attached hydrogens (tertiary/aromatic N) is 1. The Hall–Kier alpha value is -1.09. The van der Waals surface area contributed by atoms with Gasteiger partial charge in [-0.05, 0) is 37.2 Å². The van der Waals surface area contributed by atoms with E-state index in [2.05, 4.69) is 41.6 Å². The Balaban J connectivity index is 2.45. The van der Waals surface area contributed by atoms with Crippen LogP contribution < -0.4 is 0 Å². The van der Waals surface area contributed by atoms with Crippen molar-refractivity contribution in [3.8, 4) is 0 Å². The normalized spacial score (nSPS) is 13.1. The van der Waals surface area contributed by atoms with E-state index >= 15 is 0 Å². The summed E-state index contributed by atoms with van der Waals surface area (Å²) in [5.74, 6) is 0. The number of H-pyrrole nitrogens is 1. The minimum atomic E-state index is 0.526. The van der Waals surface area contributed by atoms with Crippen molar-refractivity contribution >= 4 is 23.3 Å². The van der Waals surface area contributed by atoms with Crippen LogP contribution in [0.25, 0.3) is 11.0 Å². The molecule has 17 heavy (non-hydrogen) atoms. The molecule has 0 aliphatic carbocycles. The summed E-state index contributed by atoms with van der Waals surface area (Å²) in [5, 5.41) is 0. The van der Waals surface area contributed by atoms with Gasteiger partial charge in [-0.25, -0.2) is 0 Å². The van der Waals surface area contributed by atoms with Gasteiger partial charge in [-0.15, -0.1) is 0 Å². The highest BCUT2D eigenvalue weighted by Gasteiger charge is 2.12. The van der Waals surface area contributed by atoms with Gasteiger partial charge in [-0.1, -0.05) is 38.8 Å². The summed E-state index contributed by atoms with van der Waals surface area (Å²) in [6.45, 7) is 4.48. The fourth-order valence-corrected chi connectivity index (χ4v) is 2.75. The summed E-state index contributed by atoms with van der Waals surface area (Å²) < 4.78 is 3.15. The van der Waals surface area contributed by atoms with E-state index in [4.69, 9.17) is 12.2 Å². The van der Waals surface area contributed by atoms with Gasteiger partial charge in [-0.3, -0.25) is 0 Å². The van der Waals surface area contributed by atoms with Crippen LogP contribution in [0.1, 0.15) is 45.6 Å². The van der Waals surface area contributed by atoms with Crippen LogP contribution in [0.15, 0.2) is 24.3 Å². The molecule has 0 spiro atoms. The van der Waals surface area contributed by atoms with Crippen molar-refractivity contribution in [3.05, 3.63) is 29.0 Å². The van der Waals surface area contributed by atoms with E-state index in [-0.39, 0.29) is 0 Å². The maximum atomic E-state index is 5.45. The number of imidazole rings is 1. The lowest BCUT2D eigenvalue weighted by Crippen LogP contribution is -2.08. The van der Waals surface area contributed by atoms with Crippen molar-refractivity contribution < 1.29 is 0 Å². The second kappa shape index (κ2) is 5.50. The molecule has 0 saturated heterocycles. The first kappa shape index (κ1) is 12.4. The number of unbranched alkanes of at least 4 members (excludes halogenated alkanes) is 1. The maximum Gasteiger partial charge on any atom is 0.178 e. The van der Waals surface area contributed by atoms with Crippen LogP contribution in [0, 0.1) is 4.77 Å². The molecule has 0 aliphatic heterocycles. The molecule has 2 nitrogen and oxygen atoms in total. The standard InChI is InChI=1S/C14H20N2S/c1-3-5-8-11(4-2)16-13-10-7-6-9-12(13)15-14(16)17/h6-7,9-11H,3-5,8H2,1-2H3,(H,15,17). The maximum absolute atomic E-state index is 5.45. The molecule has 2 aromatic rings. The highest BCUT2D eigenvalue weighted by molar-refractivity contribution is 7.71. The monoisotopic (exact) mass is 248 g/mol. The summed E-state index contributed by atoms with van der Waals surface area (Å²) in [6, 6.07) is 8.89. The minimum Gasteiger partial charge on any atom is -0.331 e. The van der Waals surface area contributed by atoms with Crippen LogP contribution in [-0.4, -0.2) is 9.55 Å². The van der Waals surface area contributed by atoms with Crippen LogP contribution in [0.2, 0.25) is 0 Å². The molecule has 0 saturated carbocycles. The van der Waals surface area contributed by atoms with Gasteiger partial charge in [-0.2, -0.15) is 0 Å². The predicted octanol–water partition coefficient (Wildman–Crippen LogP) is 4.84. The molecule has 1 aromatic carbocycles. The molecule has 0 radical (unpaired) electrons. The second-order valence-electron chi connectivity index (χ2n) is 4.52. The molecule has 0 bridgehead atoms. The molecule has 1 heterocycles. The zero-order chi connectivity index (χ0) is 12.3. The average molecular weight is 248 g/mol. The van der Waals surface area contributed by atoms with Crippen LogP contribution in [0.3, 0.4) is 0 Å². The van der Waals surface area contributed by atoms with Crippen molar-refractivity contribution in [2.75, 3.05) is 0 Å². The highest BCUT2D eigenvalue weighted by Crippen LogP contribution is 2.25. The van der Waals surface area contributed by atoms with E-state index in [1.165, 1.54) is 24.8 Å². The molecule has 92 valence electrons. The third kappa shape index (κ3) is 2.44. The van der Waals surface area contributed by atoms with Crippen LogP contribution >= 0.6 is 12.2 Å². The average Bonchev–Trinajstić information content (AvgIpc) is 2.67.